The van der Waals surface area contributed by atoms with Gasteiger partial charge in [-0.2, -0.15) is 0 Å². The molecule has 0 saturated carbocycles. The first-order chi connectivity index (χ1) is 9.73. The van der Waals surface area contributed by atoms with Crippen LogP contribution in [0.4, 0.5) is 10.5 Å². The first-order valence-corrected chi connectivity index (χ1v) is 6.25. The summed E-state index contributed by atoms with van der Waals surface area (Å²) in [5.41, 5.74) is 0.0218. The molecule has 2 amide bonds. The minimum atomic E-state index is -1.27. The van der Waals surface area contributed by atoms with Gasteiger partial charge in [0.2, 0.25) is 6.41 Å². The Balaban J connectivity index is 2.92. The normalized spacial score (nSPS) is 12.1. The van der Waals surface area contributed by atoms with Crippen molar-refractivity contribution in [3.63, 3.8) is 0 Å². The maximum atomic E-state index is 11.7. The molecule has 1 aromatic carbocycles. The molecular formula is C14H18N2O5. The molecule has 0 bridgehead atoms. The predicted molar refractivity (Wildman–Crippen MR) is 75.9 cm³/mol. The Labute approximate surface area is 122 Å². The van der Waals surface area contributed by atoms with Crippen LogP contribution in [0.1, 0.15) is 32.4 Å². The molecule has 0 heterocycles. The maximum Gasteiger partial charge on any atom is 0.408 e. The zero-order valence-corrected chi connectivity index (χ0v) is 12.0. The number of ether oxygens (including phenoxy) is 1. The van der Waals surface area contributed by atoms with E-state index < -0.39 is 23.7 Å². The van der Waals surface area contributed by atoms with Gasteiger partial charge in [-0.05, 0) is 38.5 Å². The molecule has 114 valence electrons. The summed E-state index contributed by atoms with van der Waals surface area (Å²) in [4.78, 5) is 33.4. The second-order valence-electron chi connectivity index (χ2n) is 5.31. The zero-order chi connectivity index (χ0) is 16.0. The highest BCUT2D eigenvalue weighted by molar-refractivity contribution is 5.82. The first-order valence-electron chi connectivity index (χ1n) is 6.25. The van der Waals surface area contributed by atoms with E-state index in [0.717, 1.165) is 0 Å². The Morgan fingerprint density at radius 3 is 2.52 bits per heavy atom. The summed E-state index contributed by atoms with van der Waals surface area (Å²) < 4.78 is 5.03. The van der Waals surface area contributed by atoms with E-state index in [-0.39, 0.29) is 0 Å². The third-order valence-electron chi connectivity index (χ3n) is 2.35. The molecule has 0 aromatic heterocycles. The number of hydrogen-bond donors (Lipinski definition) is 3. The minimum absolute atomic E-state index is 0.320. The monoisotopic (exact) mass is 294 g/mol. The van der Waals surface area contributed by atoms with E-state index in [1.54, 1.807) is 32.9 Å². The number of carbonyl (C=O) groups excluding carboxylic acids is 2. The number of anilines is 1. The number of carboxylic acids is 1. The maximum absolute atomic E-state index is 11.7. The molecule has 0 aliphatic heterocycles. The summed E-state index contributed by atoms with van der Waals surface area (Å²) in [6, 6.07) is 4.91. The van der Waals surface area contributed by atoms with Gasteiger partial charge in [0.15, 0.2) is 6.04 Å². The Hall–Kier alpha value is -2.57. The Morgan fingerprint density at radius 2 is 2.00 bits per heavy atom. The van der Waals surface area contributed by atoms with Crippen molar-refractivity contribution in [3.8, 4) is 0 Å². The molecule has 0 spiro atoms. The molecule has 7 heteroatoms. The third kappa shape index (κ3) is 5.52. The van der Waals surface area contributed by atoms with E-state index in [0.29, 0.717) is 17.7 Å². The fraction of sp³-hybridized carbons (Fsp3) is 0.357. The van der Waals surface area contributed by atoms with E-state index in [9.17, 15) is 19.5 Å². The number of hydrogen-bond acceptors (Lipinski definition) is 4. The van der Waals surface area contributed by atoms with Crippen LogP contribution in [0, 0.1) is 0 Å². The van der Waals surface area contributed by atoms with Gasteiger partial charge in [0.05, 0.1) is 0 Å². The number of amides is 2. The van der Waals surface area contributed by atoms with E-state index in [1.807, 2.05) is 0 Å². The van der Waals surface area contributed by atoms with Crippen molar-refractivity contribution in [2.45, 2.75) is 32.4 Å². The summed E-state index contributed by atoms with van der Waals surface area (Å²) in [7, 11) is 0. The van der Waals surface area contributed by atoms with Crippen LogP contribution in [0.15, 0.2) is 24.3 Å². The van der Waals surface area contributed by atoms with Crippen LogP contribution in [-0.4, -0.2) is 29.2 Å². The van der Waals surface area contributed by atoms with E-state index in [1.165, 1.54) is 12.1 Å². The molecule has 1 aromatic rings. The lowest BCUT2D eigenvalue weighted by Crippen LogP contribution is -2.38. The number of carboxylic acid groups (broad SMARTS) is 1. The molecular weight excluding hydrogens is 276 g/mol. The van der Waals surface area contributed by atoms with Crippen LogP contribution in [0.5, 0.6) is 0 Å². The Kier molecular flexibility index (Phi) is 5.29. The zero-order valence-electron chi connectivity index (χ0n) is 12.0. The van der Waals surface area contributed by atoms with E-state index in [2.05, 4.69) is 10.6 Å². The second-order valence-corrected chi connectivity index (χ2v) is 5.31. The van der Waals surface area contributed by atoms with Crippen LogP contribution in [-0.2, 0) is 14.3 Å². The molecule has 7 nitrogen and oxygen atoms in total. The average molecular weight is 294 g/mol. The quantitative estimate of drug-likeness (QED) is 0.719. The Bertz CT molecular complexity index is 536. The fourth-order valence-corrected chi connectivity index (χ4v) is 1.59. The summed E-state index contributed by atoms with van der Waals surface area (Å²) in [6.07, 6.45) is -0.348. The molecule has 0 saturated heterocycles. The number of alkyl carbamates (subject to hydrolysis) is 1. The molecule has 21 heavy (non-hydrogen) atoms. The number of carbonyl (C=O) groups is 3. The van der Waals surface area contributed by atoms with Crippen LogP contribution < -0.4 is 10.6 Å². The van der Waals surface area contributed by atoms with Crippen molar-refractivity contribution in [1.82, 2.24) is 5.32 Å². The van der Waals surface area contributed by atoms with Gasteiger partial charge in [-0.1, -0.05) is 12.1 Å². The number of rotatable bonds is 5. The smallest absolute Gasteiger partial charge is 0.408 e. The van der Waals surface area contributed by atoms with Gasteiger partial charge in [0.1, 0.15) is 5.60 Å². The second kappa shape index (κ2) is 6.74. The van der Waals surface area contributed by atoms with Crippen molar-refractivity contribution < 1.29 is 24.2 Å². The lowest BCUT2D eigenvalue weighted by atomic mass is 10.1. The van der Waals surface area contributed by atoms with Gasteiger partial charge in [-0.3, -0.25) is 4.79 Å². The summed E-state index contributed by atoms with van der Waals surface area (Å²) >= 11 is 0. The standard InChI is InChI=1S/C14H18N2O5/c1-14(2,3)21-13(20)16-11(12(18)19)9-5-4-6-10(7-9)15-8-17/h4-8,11H,1-3H3,(H,15,17)(H,16,20)(H,18,19). The first kappa shape index (κ1) is 16.5. The summed E-state index contributed by atoms with van der Waals surface area (Å²) in [6.45, 7) is 5.03. The van der Waals surface area contributed by atoms with Crippen LogP contribution in [0.2, 0.25) is 0 Å². The fourth-order valence-electron chi connectivity index (χ4n) is 1.59. The molecule has 0 aliphatic carbocycles. The highest BCUT2D eigenvalue weighted by Gasteiger charge is 2.25. The molecule has 1 rings (SSSR count). The minimum Gasteiger partial charge on any atom is -0.479 e. The van der Waals surface area contributed by atoms with Crippen LogP contribution in [0.25, 0.3) is 0 Å². The van der Waals surface area contributed by atoms with Gasteiger partial charge >= 0.3 is 12.1 Å². The molecule has 1 unspecified atom stereocenters. The Morgan fingerprint density at radius 1 is 1.33 bits per heavy atom. The van der Waals surface area contributed by atoms with Gasteiger partial charge in [0, 0.05) is 5.69 Å². The SMILES string of the molecule is CC(C)(C)OC(=O)NC(C(=O)O)c1cccc(NC=O)c1. The van der Waals surface area contributed by atoms with Crippen molar-refractivity contribution >= 4 is 24.2 Å². The molecule has 1 atom stereocenters. The number of benzene rings is 1. The summed E-state index contributed by atoms with van der Waals surface area (Å²) in [5, 5.41) is 13.9. The lowest BCUT2D eigenvalue weighted by Gasteiger charge is -2.22. The van der Waals surface area contributed by atoms with Crippen LogP contribution in [0.3, 0.4) is 0 Å². The molecule has 3 N–H and O–H groups in total. The molecule has 0 aliphatic rings. The predicted octanol–water partition coefficient (Wildman–Crippen LogP) is 1.91. The number of nitrogens with one attached hydrogen (secondary N) is 2. The van der Waals surface area contributed by atoms with Gasteiger partial charge in [-0.25, -0.2) is 9.59 Å². The van der Waals surface area contributed by atoms with Crippen molar-refractivity contribution in [3.05, 3.63) is 29.8 Å². The summed E-state index contributed by atoms with van der Waals surface area (Å²) in [5.74, 6) is -1.23. The highest BCUT2D eigenvalue weighted by Crippen LogP contribution is 2.18. The van der Waals surface area contributed by atoms with Crippen molar-refractivity contribution in [2.24, 2.45) is 0 Å². The van der Waals surface area contributed by atoms with Gasteiger partial charge < -0.3 is 20.5 Å². The third-order valence-corrected chi connectivity index (χ3v) is 2.35. The van der Waals surface area contributed by atoms with E-state index >= 15 is 0 Å². The van der Waals surface area contributed by atoms with Crippen LogP contribution >= 0.6 is 0 Å². The lowest BCUT2D eigenvalue weighted by molar-refractivity contribution is -0.139. The van der Waals surface area contributed by atoms with E-state index in [4.69, 9.17) is 4.74 Å². The number of aliphatic carboxylic acids is 1. The topological polar surface area (TPSA) is 105 Å². The van der Waals surface area contributed by atoms with Gasteiger partial charge in [-0.15, -0.1) is 0 Å². The largest absolute Gasteiger partial charge is 0.479 e. The molecule has 0 radical (unpaired) electrons. The highest BCUT2D eigenvalue weighted by atomic mass is 16.6. The van der Waals surface area contributed by atoms with Crippen molar-refractivity contribution in [2.75, 3.05) is 5.32 Å². The van der Waals surface area contributed by atoms with Gasteiger partial charge in [0.25, 0.3) is 0 Å². The average Bonchev–Trinajstić information content (AvgIpc) is 2.34. The molecule has 0 fully saturated rings. The van der Waals surface area contributed by atoms with Crippen molar-refractivity contribution in [1.29, 1.82) is 0 Å².